The van der Waals surface area contributed by atoms with Crippen molar-refractivity contribution in [1.82, 2.24) is 15.3 Å². The molecule has 0 saturated heterocycles. The van der Waals surface area contributed by atoms with Gasteiger partial charge >= 0.3 is 0 Å². The lowest BCUT2D eigenvalue weighted by Gasteiger charge is -2.02. The third-order valence-electron chi connectivity index (χ3n) is 2.50. The third kappa shape index (κ3) is 3.28. The Hall–Kier alpha value is -1.40. The van der Waals surface area contributed by atoms with E-state index in [0.717, 1.165) is 16.6 Å². The molecule has 0 aromatic carbocycles. The van der Waals surface area contributed by atoms with E-state index in [0.29, 0.717) is 13.1 Å². The lowest BCUT2D eigenvalue weighted by atomic mass is 10.2. The summed E-state index contributed by atoms with van der Waals surface area (Å²) in [6.07, 6.45) is 4.87. The van der Waals surface area contributed by atoms with Gasteiger partial charge in [-0.05, 0) is 17.7 Å². The molecule has 0 aliphatic carbocycles. The molecule has 0 saturated carbocycles. The van der Waals surface area contributed by atoms with E-state index in [1.54, 1.807) is 6.20 Å². The molecule has 92 valence electrons. The van der Waals surface area contributed by atoms with Crippen LogP contribution in [0.5, 0.6) is 0 Å². The summed E-state index contributed by atoms with van der Waals surface area (Å²) in [7, 11) is -2.89. The standard InChI is InChI=1S/C11H15N3O2S/c1-17(15,16)6-5-12-7-9-8-14-11-10(9)3-2-4-13-11/h2-4,8,12H,5-7H2,1H3,(H,13,14). The summed E-state index contributed by atoms with van der Waals surface area (Å²) in [6.45, 7) is 1.10. The van der Waals surface area contributed by atoms with E-state index in [9.17, 15) is 8.42 Å². The van der Waals surface area contributed by atoms with E-state index in [1.165, 1.54) is 6.26 Å². The highest BCUT2D eigenvalue weighted by Crippen LogP contribution is 2.14. The van der Waals surface area contributed by atoms with Gasteiger partial charge in [0.2, 0.25) is 0 Å². The Morgan fingerprint density at radius 3 is 3.06 bits per heavy atom. The van der Waals surface area contributed by atoms with Gasteiger partial charge in [0, 0.05) is 37.1 Å². The summed E-state index contributed by atoms with van der Waals surface area (Å²) in [6, 6.07) is 3.88. The number of nitrogens with one attached hydrogen (secondary N) is 2. The van der Waals surface area contributed by atoms with Crippen molar-refractivity contribution in [3.05, 3.63) is 30.1 Å². The van der Waals surface area contributed by atoms with Gasteiger partial charge in [0.1, 0.15) is 15.5 Å². The van der Waals surface area contributed by atoms with E-state index in [4.69, 9.17) is 0 Å². The van der Waals surface area contributed by atoms with Crippen molar-refractivity contribution in [2.24, 2.45) is 0 Å². The van der Waals surface area contributed by atoms with Gasteiger partial charge in [-0.25, -0.2) is 13.4 Å². The minimum Gasteiger partial charge on any atom is -0.346 e. The summed E-state index contributed by atoms with van der Waals surface area (Å²) in [5.74, 6) is 0.160. The van der Waals surface area contributed by atoms with Gasteiger partial charge in [-0.15, -0.1) is 0 Å². The molecule has 0 atom stereocenters. The van der Waals surface area contributed by atoms with Crippen molar-refractivity contribution in [3.8, 4) is 0 Å². The molecule has 0 amide bonds. The van der Waals surface area contributed by atoms with Crippen molar-refractivity contribution in [2.75, 3.05) is 18.6 Å². The molecule has 0 bridgehead atoms. The molecule has 2 heterocycles. The zero-order valence-corrected chi connectivity index (χ0v) is 10.4. The number of H-pyrrole nitrogens is 1. The first-order valence-corrected chi connectivity index (χ1v) is 7.42. The van der Waals surface area contributed by atoms with Crippen molar-refractivity contribution < 1.29 is 8.42 Å². The Morgan fingerprint density at radius 2 is 2.29 bits per heavy atom. The van der Waals surface area contributed by atoms with E-state index in [2.05, 4.69) is 15.3 Å². The molecule has 2 aromatic heterocycles. The minimum atomic E-state index is -2.89. The predicted molar refractivity (Wildman–Crippen MR) is 67.5 cm³/mol. The van der Waals surface area contributed by atoms with Gasteiger partial charge in [0.05, 0.1) is 5.75 Å². The van der Waals surface area contributed by atoms with Gasteiger partial charge in [-0.3, -0.25) is 0 Å². The van der Waals surface area contributed by atoms with E-state index < -0.39 is 9.84 Å². The Bertz CT molecular complexity index is 604. The Labute approximate surface area is 100 Å². The third-order valence-corrected chi connectivity index (χ3v) is 3.45. The lowest BCUT2D eigenvalue weighted by molar-refractivity contribution is 0.596. The number of nitrogens with zero attached hydrogens (tertiary/aromatic N) is 1. The highest BCUT2D eigenvalue weighted by molar-refractivity contribution is 7.90. The maximum atomic E-state index is 10.9. The number of sulfone groups is 1. The van der Waals surface area contributed by atoms with Crippen LogP contribution in [0, 0.1) is 0 Å². The Morgan fingerprint density at radius 1 is 1.47 bits per heavy atom. The monoisotopic (exact) mass is 253 g/mol. The summed E-state index contributed by atoms with van der Waals surface area (Å²) in [5, 5.41) is 4.18. The quantitative estimate of drug-likeness (QED) is 0.769. The molecule has 0 aliphatic heterocycles. The largest absolute Gasteiger partial charge is 0.346 e. The highest BCUT2D eigenvalue weighted by atomic mass is 32.2. The highest BCUT2D eigenvalue weighted by Gasteiger charge is 2.04. The van der Waals surface area contributed by atoms with Crippen LogP contribution in [0.2, 0.25) is 0 Å². The summed E-state index contributed by atoms with van der Waals surface area (Å²) in [4.78, 5) is 7.27. The summed E-state index contributed by atoms with van der Waals surface area (Å²) < 4.78 is 21.9. The second kappa shape index (κ2) is 4.85. The first kappa shape index (κ1) is 12.1. The second-order valence-corrected chi connectivity index (χ2v) is 6.28. The maximum absolute atomic E-state index is 10.9. The van der Waals surface area contributed by atoms with Crippen molar-refractivity contribution in [3.63, 3.8) is 0 Å². The van der Waals surface area contributed by atoms with Crippen molar-refractivity contribution >= 4 is 20.9 Å². The number of pyridine rings is 1. The average Bonchev–Trinajstić information content (AvgIpc) is 2.67. The molecule has 17 heavy (non-hydrogen) atoms. The van der Waals surface area contributed by atoms with Crippen LogP contribution in [0.25, 0.3) is 11.0 Å². The molecule has 0 spiro atoms. The van der Waals surface area contributed by atoms with Crippen LogP contribution in [-0.2, 0) is 16.4 Å². The number of aromatic nitrogens is 2. The number of fused-ring (bicyclic) bond motifs is 1. The minimum absolute atomic E-state index is 0.160. The summed E-state index contributed by atoms with van der Waals surface area (Å²) >= 11 is 0. The van der Waals surface area contributed by atoms with Crippen LogP contribution >= 0.6 is 0 Å². The van der Waals surface area contributed by atoms with Crippen molar-refractivity contribution in [1.29, 1.82) is 0 Å². The molecule has 2 aromatic rings. The molecule has 2 N–H and O–H groups in total. The lowest BCUT2D eigenvalue weighted by Crippen LogP contribution is -2.21. The SMILES string of the molecule is CS(=O)(=O)CCNCc1c[nH]c2ncccc12. The molecule has 6 heteroatoms. The molecule has 0 fully saturated rings. The van der Waals surface area contributed by atoms with Crippen LogP contribution in [0.1, 0.15) is 5.56 Å². The van der Waals surface area contributed by atoms with E-state index >= 15 is 0 Å². The molecule has 0 aliphatic rings. The first-order valence-electron chi connectivity index (χ1n) is 5.36. The van der Waals surface area contributed by atoms with Gasteiger partial charge in [0.25, 0.3) is 0 Å². The number of hydrogen-bond acceptors (Lipinski definition) is 4. The van der Waals surface area contributed by atoms with E-state index in [1.807, 2.05) is 18.3 Å². The van der Waals surface area contributed by atoms with Gasteiger partial charge in [-0.1, -0.05) is 0 Å². The van der Waals surface area contributed by atoms with Crippen LogP contribution in [0.4, 0.5) is 0 Å². The number of aromatic amines is 1. The van der Waals surface area contributed by atoms with Gasteiger partial charge in [-0.2, -0.15) is 0 Å². The van der Waals surface area contributed by atoms with Crippen molar-refractivity contribution in [2.45, 2.75) is 6.54 Å². The Balaban J connectivity index is 1.96. The van der Waals surface area contributed by atoms with Crippen LogP contribution in [-0.4, -0.2) is 36.9 Å². The fourth-order valence-corrected chi connectivity index (χ4v) is 2.15. The number of hydrogen-bond donors (Lipinski definition) is 2. The molecular formula is C11H15N3O2S. The number of rotatable bonds is 5. The van der Waals surface area contributed by atoms with Crippen LogP contribution in [0.3, 0.4) is 0 Å². The van der Waals surface area contributed by atoms with Gasteiger partial charge < -0.3 is 10.3 Å². The Kier molecular flexibility index (Phi) is 3.44. The normalized spacial score (nSPS) is 12.1. The fraction of sp³-hybridized carbons (Fsp3) is 0.364. The summed E-state index contributed by atoms with van der Waals surface area (Å²) in [5.41, 5.74) is 1.95. The fourth-order valence-electron chi connectivity index (χ4n) is 1.64. The topological polar surface area (TPSA) is 74.8 Å². The maximum Gasteiger partial charge on any atom is 0.148 e. The van der Waals surface area contributed by atoms with Crippen LogP contribution < -0.4 is 5.32 Å². The second-order valence-electron chi connectivity index (χ2n) is 4.02. The average molecular weight is 253 g/mol. The molecule has 0 radical (unpaired) electrons. The predicted octanol–water partition coefficient (Wildman–Crippen LogP) is 0.697. The smallest absolute Gasteiger partial charge is 0.148 e. The molecule has 5 nitrogen and oxygen atoms in total. The zero-order chi connectivity index (χ0) is 12.3. The molecule has 0 unspecified atom stereocenters. The van der Waals surface area contributed by atoms with E-state index in [-0.39, 0.29) is 5.75 Å². The molecular weight excluding hydrogens is 238 g/mol. The van der Waals surface area contributed by atoms with Gasteiger partial charge in [0.15, 0.2) is 0 Å². The van der Waals surface area contributed by atoms with Crippen LogP contribution in [0.15, 0.2) is 24.5 Å². The first-order chi connectivity index (χ1) is 8.06. The zero-order valence-electron chi connectivity index (χ0n) is 9.60. The molecule has 2 rings (SSSR count).